The Hall–Kier alpha value is -3.39. The van der Waals surface area contributed by atoms with Crippen molar-refractivity contribution in [2.24, 2.45) is 5.92 Å². The maximum absolute atomic E-state index is 12.6. The molecule has 3 rings (SSSR count). The summed E-state index contributed by atoms with van der Waals surface area (Å²) in [5.74, 6) is -1.71. The number of carbonyl (C=O) groups excluding carboxylic acids is 2. The predicted octanol–water partition coefficient (Wildman–Crippen LogP) is 3.55. The number of benzene rings is 2. The van der Waals surface area contributed by atoms with Crippen LogP contribution in [0, 0.1) is 5.92 Å². The van der Waals surface area contributed by atoms with E-state index in [0.717, 1.165) is 22.3 Å². The molecule has 1 aliphatic rings. The van der Waals surface area contributed by atoms with Gasteiger partial charge in [-0.25, -0.2) is 9.59 Å². The van der Waals surface area contributed by atoms with Gasteiger partial charge < -0.3 is 25.2 Å². The average molecular weight is 469 g/mol. The second-order valence-corrected chi connectivity index (χ2v) is 8.76. The van der Waals surface area contributed by atoms with E-state index in [2.05, 4.69) is 22.8 Å². The molecule has 182 valence electrons. The number of hydrogen-bond donors (Lipinski definition) is 3. The number of nitrogens with one attached hydrogen (secondary N) is 2. The Morgan fingerprint density at radius 3 is 2.09 bits per heavy atom. The van der Waals surface area contributed by atoms with Crippen molar-refractivity contribution < 1.29 is 29.0 Å². The van der Waals surface area contributed by atoms with Crippen molar-refractivity contribution in [3.63, 3.8) is 0 Å². The minimum absolute atomic E-state index is 0.0569. The number of methoxy groups -OCH3 is 1. The summed E-state index contributed by atoms with van der Waals surface area (Å²) in [4.78, 5) is 36.4. The first-order valence-electron chi connectivity index (χ1n) is 11.4. The number of fused-ring (bicyclic) bond motifs is 3. The van der Waals surface area contributed by atoms with Crippen molar-refractivity contribution in [3.8, 4) is 11.1 Å². The lowest BCUT2D eigenvalue weighted by atomic mass is 9.98. The van der Waals surface area contributed by atoms with Crippen molar-refractivity contribution in [2.45, 2.75) is 44.7 Å². The normalized spacial score (nSPS) is 14.1. The molecular weight excluding hydrogens is 436 g/mol. The van der Waals surface area contributed by atoms with Gasteiger partial charge in [0, 0.05) is 38.5 Å². The van der Waals surface area contributed by atoms with Gasteiger partial charge in [0.25, 0.3) is 0 Å². The van der Waals surface area contributed by atoms with E-state index in [-0.39, 0.29) is 37.9 Å². The molecule has 1 aliphatic carbocycles. The van der Waals surface area contributed by atoms with Gasteiger partial charge in [0.05, 0.1) is 0 Å². The minimum atomic E-state index is -1.13. The van der Waals surface area contributed by atoms with Crippen molar-refractivity contribution >= 4 is 18.0 Å². The highest BCUT2D eigenvalue weighted by Crippen LogP contribution is 2.44. The summed E-state index contributed by atoms with van der Waals surface area (Å²) in [5, 5.41) is 14.6. The van der Waals surface area contributed by atoms with Crippen LogP contribution in [0.2, 0.25) is 0 Å². The van der Waals surface area contributed by atoms with Gasteiger partial charge in [-0.2, -0.15) is 0 Å². The summed E-state index contributed by atoms with van der Waals surface area (Å²) in [6.45, 7) is 4.14. The molecule has 3 N–H and O–H groups in total. The van der Waals surface area contributed by atoms with Crippen LogP contribution in [0.4, 0.5) is 4.79 Å². The molecule has 34 heavy (non-hydrogen) atoms. The number of ether oxygens (including phenoxy) is 2. The number of amides is 2. The molecule has 0 heterocycles. The monoisotopic (exact) mass is 468 g/mol. The van der Waals surface area contributed by atoms with Crippen molar-refractivity contribution in [2.75, 3.05) is 20.3 Å². The van der Waals surface area contributed by atoms with Crippen LogP contribution in [0.25, 0.3) is 11.1 Å². The van der Waals surface area contributed by atoms with Gasteiger partial charge in [0.1, 0.15) is 12.6 Å². The van der Waals surface area contributed by atoms with E-state index in [9.17, 15) is 19.5 Å². The van der Waals surface area contributed by atoms with E-state index >= 15 is 0 Å². The van der Waals surface area contributed by atoms with Crippen molar-refractivity contribution in [1.82, 2.24) is 10.6 Å². The molecule has 2 aromatic carbocycles. The Kier molecular flexibility index (Phi) is 8.65. The number of hydrogen-bond acceptors (Lipinski definition) is 5. The zero-order valence-electron chi connectivity index (χ0n) is 19.7. The maximum atomic E-state index is 12.6. The molecule has 0 saturated carbocycles. The molecule has 2 amide bonds. The molecule has 1 unspecified atom stereocenters. The number of alkyl carbamates (subject to hydrolysis) is 1. The SMILES string of the molecule is COCCC(NC(=O)C[C@H](NC(=O)OCC1c2ccccc2-c2ccccc21)C(C)C)C(=O)O. The molecule has 8 heteroatoms. The molecule has 0 radical (unpaired) electrons. The summed E-state index contributed by atoms with van der Waals surface area (Å²) in [5.41, 5.74) is 4.52. The first-order chi connectivity index (χ1) is 16.3. The first-order valence-corrected chi connectivity index (χ1v) is 11.4. The van der Waals surface area contributed by atoms with E-state index in [4.69, 9.17) is 9.47 Å². The van der Waals surface area contributed by atoms with Crippen LogP contribution in [0.1, 0.15) is 43.7 Å². The Morgan fingerprint density at radius 2 is 1.56 bits per heavy atom. The molecule has 0 bridgehead atoms. The molecule has 2 aromatic rings. The van der Waals surface area contributed by atoms with Crippen LogP contribution in [0.15, 0.2) is 48.5 Å². The zero-order chi connectivity index (χ0) is 24.7. The van der Waals surface area contributed by atoms with Gasteiger partial charge in [0.15, 0.2) is 0 Å². The molecular formula is C26H32N2O6. The number of rotatable bonds is 11. The Morgan fingerprint density at radius 1 is 0.971 bits per heavy atom. The summed E-state index contributed by atoms with van der Waals surface area (Å²) in [6.07, 6.45) is -0.509. The highest BCUT2D eigenvalue weighted by atomic mass is 16.5. The molecule has 0 saturated heterocycles. The first kappa shape index (κ1) is 25.2. The third-order valence-corrected chi connectivity index (χ3v) is 6.10. The molecule has 0 aromatic heterocycles. The van der Waals surface area contributed by atoms with Crippen LogP contribution in [0.5, 0.6) is 0 Å². The minimum Gasteiger partial charge on any atom is -0.480 e. The van der Waals surface area contributed by atoms with Crippen LogP contribution < -0.4 is 10.6 Å². The largest absolute Gasteiger partial charge is 0.480 e. The van der Waals surface area contributed by atoms with Crippen LogP contribution >= 0.6 is 0 Å². The van der Waals surface area contributed by atoms with E-state index in [1.807, 2.05) is 50.2 Å². The van der Waals surface area contributed by atoms with Gasteiger partial charge in [-0.1, -0.05) is 62.4 Å². The van der Waals surface area contributed by atoms with Crippen molar-refractivity contribution in [3.05, 3.63) is 59.7 Å². The van der Waals surface area contributed by atoms with Crippen LogP contribution in [-0.2, 0) is 19.1 Å². The van der Waals surface area contributed by atoms with E-state index in [1.54, 1.807) is 0 Å². The van der Waals surface area contributed by atoms with Gasteiger partial charge in [-0.05, 0) is 28.2 Å². The lowest BCUT2D eigenvalue weighted by Gasteiger charge is -2.23. The standard InChI is InChI=1S/C26H32N2O6/c1-16(2)23(14-24(29)27-22(25(30)31)12-13-33-3)28-26(32)34-15-21-19-10-6-4-8-17(19)18-9-5-7-11-20(18)21/h4-11,16,21-23H,12-15H2,1-3H3,(H,27,29)(H,28,32)(H,30,31)/t22?,23-/m0/s1. The summed E-state index contributed by atoms with van der Waals surface area (Å²) in [7, 11) is 1.47. The zero-order valence-corrected chi connectivity index (χ0v) is 19.7. The highest BCUT2D eigenvalue weighted by Gasteiger charge is 2.30. The van der Waals surface area contributed by atoms with E-state index < -0.39 is 30.1 Å². The highest BCUT2D eigenvalue weighted by molar-refractivity contribution is 5.84. The quantitative estimate of drug-likeness (QED) is 0.465. The average Bonchev–Trinajstić information content (AvgIpc) is 3.13. The number of carbonyl (C=O) groups is 3. The lowest BCUT2D eigenvalue weighted by molar-refractivity contribution is -0.142. The fourth-order valence-electron chi connectivity index (χ4n) is 4.19. The summed E-state index contributed by atoms with van der Waals surface area (Å²) < 4.78 is 10.5. The smallest absolute Gasteiger partial charge is 0.407 e. The Bertz CT molecular complexity index is 976. The number of aliphatic carboxylic acids is 1. The molecule has 0 spiro atoms. The number of carboxylic acid groups (broad SMARTS) is 1. The summed E-state index contributed by atoms with van der Waals surface area (Å²) >= 11 is 0. The third-order valence-electron chi connectivity index (χ3n) is 6.10. The van der Waals surface area contributed by atoms with Crippen molar-refractivity contribution in [1.29, 1.82) is 0 Å². The van der Waals surface area contributed by atoms with Gasteiger partial charge in [0.2, 0.25) is 5.91 Å². The Balaban J connectivity index is 1.58. The van der Waals surface area contributed by atoms with E-state index in [1.165, 1.54) is 7.11 Å². The second-order valence-electron chi connectivity index (χ2n) is 8.76. The summed E-state index contributed by atoms with van der Waals surface area (Å²) in [6, 6.07) is 14.6. The fraction of sp³-hybridized carbons (Fsp3) is 0.423. The predicted molar refractivity (Wildman–Crippen MR) is 128 cm³/mol. The molecule has 0 fully saturated rings. The molecule has 2 atom stereocenters. The van der Waals surface area contributed by atoms with Gasteiger partial charge in [-0.15, -0.1) is 0 Å². The maximum Gasteiger partial charge on any atom is 0.407 e. The van der Waals surface area contributed by atoms with E-state index in [0.29, 0.717) is 0 Å². The Labute approximate surface area is 199 Å². The van der Waals surface area contributed by atoms with Gasteiger partial charge >= 0.3 is 12.1 Å². The van der Waals surface area contributed by atoms with Crippen LogP contribution in [-0.4, -0.2) is 55.5 Å². The molecule has 8 nitrogen and oxygen atoms in total. The number of carboxylic acids is 1. The fourth-order valence-corrected chi connectivity index (χ4v) is 4.19. The topological polar surface area (TPSA) is 114 Å². The second kappa shape index (κ2) is 11.7. The lowest BCUT2D eigenvalue weighted by Crippen LogP contribution is -2.46. The van der Waals surface area contributed by atoms with Gasteiger partial charge in [-0.3, -0.25) is 4.79 Å². The third kappa shape index (κ3) is 6.14. The molecule has 0 aliphatic heterocycles. The van der Waals surface area contributed by atoms with Crippen LogP contribution in [0.3, 0.4) is 0 Å².